The Hall–Kier alpha value is -4.28. The van der Waals surface area contributed by atoms with Crippen LogP contribution in [0.2, 0.25) is 0 Å². The van der Waals surface area contributed by atoms with Crippen molar-refractivity contribution in [1.82, 2.24) is 20.2 Å². The molecule has 11 heteroatoms. The number of halogens is 3. The Balaban J connectivity index is 1.69. The molecule has 1 aromatic carbocycles. The molecule has 8 nitrogen and oxygen atoms in total. The lowest BCUT2D eigenvalue weighted by Gasteiger charge is -2.23. The lowest BCUT2D eigenvalue weighted by Crippen LogP contribution is -2.25. The molecule has 0 unspecified atom stereocenters. The van der Waals surface area contributed by atoms with E-state index in [1.54, 1.807) is 18.2 Å². The molecule has 0 saturated heterocycles. The van der Waals surface area contributed by atoms with Crippen LogP contribution in [0.4, 0.5) is 24.5 Å². The fourth-order valence-corrected chi connectivity index (χ4v) is 4.55. The minimum absolute atomic E-state index is 0.124. The van der Waals surface area contributed by atoms with Crippen LogP contribution in [0, 0.1) is 5.41 Å². The van der Waals surface area contributed by atoms with Crippen LogP contribution in [-0.4, -0.2) is 31.8 Å². The summed E-state index contributed by atoms with van der Waals surface area (Å²) in [5, 5.41) is 17.5. The van der Waals surface area contributed by atoms with E-state index in [9.17, 15) is 18.0 Å². The zero-order chi connectivity index (χ0) is 24.7. The molecule has 3 aromatic heterocycles. The smallest absolute Gasteiger partial charge is 0.398 e. The summed E-state index contributed by atoms with van der Waals surface area (Å²) < 4.78 is 40.8. The third-order valence-corrected chi connectivity index (χ3v) is 6.10. The Morgan fingerprint density at radius 1 is 1.09 bits per heavy atom. The van der Waals surface area contributed by atoms with Gasteiger partial charge >= 0.3 is 6.18 Å². The van der Waals surface area contributed by atoms with Gasteiger partial charge in [0.2, 0.25) is 0 Å². The Morgan fingerprint density at radius 2 is 1.80 bits per heavy atom. The summed E-state index contributed by atoms with van der Waals surface area (Å²) in [4.78, 5) is 21.4. The van der Waals surface area contributed by atoms with E-state index in [-0.39, 0.29) is 28.2 Å². The quantitative estimate of drug-likeness (QED) is 0.253. The molecule has 178 valence electrons. The van der Waals surface area contributed by atoms with Gasteiger partial charge in [-0.05, 0) is 61.1 Å². The number of pyridine rings is 2. The van der Waals surface area contributed by atoms with E-state index in [2.05, 4.69) is 20.4 Å². The van der Waals surface area contributed by atoms with Crippen LogP contribution in [0.15, 0.2) is 42.9 Å². The van der Waals surface area contributed by atoms with Crippen LogP contribution >= 0.6 is 0 Å². The lowest BCUT2D eigenvalue weighted by molar-refractivity contribution is -0.140. The SMILES string of the molecule is N=C(C(=O)Nc1ccncc1)c1c(N)ccc2nc(-c3cn[nH]c3C(F)(F)F)c3c(c12)CCCC3. The number of H-pyrrole nitrogens is 1. The van der Waals surface area contributed by atoms with Crippen LogP contribution in [0.5, 0.6) is 0 Å². The number of carbonyl (C=O) groups excluding carboxylic acids is 1. The van der Waals surface area contributed by atoms with Crippen LogP contribution in [0.3, 0.4) is 0 Å². The summed E-state index contributed by atoms with van der Waals surface area (Å²) in [6, 6.07) is 6.30. The van der Waals surface area contributed by atoms with Crippen molar-refractivity contribution < 1.29 is 18.0 Å². The standard InChI is InChI=1S/C24H20F3N7O/c25-24(26,27)22-15(11-31-34-22)21-14-4-2-1-3-13(14)18-17(33-21)6-5-16(28)19(18)20(29)23(35)32-12-7-9-30-10-8-12/h5-11,29H,1-4,28H2,(H,31,34)(H,30,32,35). The number of nitrogens with one attached hydrogen (secondary N) is 3. The number of hydrogen-bond acceptors (Lipinski definition) is 6. The summed E-state index contributed by atoms with van der Waals surface area (Å²) in [6.07, 6.45) is 2.21. The van der Waals surface area contributed by atoms with Crippen molar-refractivity contribution in [2.45, 2.75) is 31.9 Å². The van der Waals surface area contributed by atoms with E-state index < -0.39 is 17.8 Å². The minimum atomic E-state index is -4.62. The van der Waals surface area contributed by atoms with E-state index >= 15 is 0 Å². The van der Waals surface area contributed by atoms with Gasteiger partial charge in [0.25, 0.3) is 5.91 Å². The van der Waals surface area contributed by atoms with E-state index in [0.717, 1.165) is 24.6 Å². The number of alkyl halides is 3. The highest BCUT2D eigenvalue weighted by molar-refractivity contribution is 6.50. The molecule has 0 fully saturated rings. The molecule has 4 aromatic rings. The van der Waals surface area contributed by atoms with Gasteiger partial charge < -0.3 is 11.1 Å². The highest BCUT2D eigenvalue weighted by Gasteiger charge is 2.37. The van der Waals surface area contributed by atoms with Gasteiger partial charge in [0.05, 0.1) is 23.0 Å². The fraction of sp³-hybridized carbons (Fsp3) is 0.208. The van der Waals surface area contributed by atoms with Gasteiger partial charge in [0, 0.05) is 34.7 Å². The van der Waals surface area contributed by atoms with Crippen molar-refractivity contribution in [2.75, 3.05) is 11.1 Å². The number of hydrogen-bond donors (Lipinski definition) is 4. The average Bonchev–Trinajstić information content (AvgIpc) is 3.34. The van der Waals surface area contributed by atoms with Crippen LogP contribution < -0.4 is 11.1 Å². The molecule has 1 aliphatic rings. The van der Waals surface area contributed by atoms with Gasteiger partial charge in [-0.15, -0.1) is 0 Å². The lowest BCUT2D eigenvalue weighted by atomic mass is 9.84. The summed E-state index contributed by atoms with van der Waals surface area (Å²) in [7, 11) is 0. The molecule has 0 radical (unpaired) electrons. The maximum atomic E-state index is 13.6. The first kappa shape index (κ1) is 22.5. The van der Waals surface area contributed by atoms with Crippen LogP contribution in [0.1, 0.15) is 35.2 Å². The largest absolute Gasteiger partial charge is 0.433 e. The maximum absolute atomic E-state index is 13.6. The number of rotatable bonds is 4. The molecule has 0 spiro atoms. The fourth-order valence-electron chi connectivity index (χ4n) is 4.55. The second kappa shape index (κ2) is 8.49. The topological polar surface area (TPSA) is 133 Å². The van der Waals surface area contributed by atoms with Gasteiger partial charge in [-0.3, -0.25) is 20.3 Å². The predicted molar refractivity (Wildman–Crippen MR) is 125 cm³/mol. The van der Waals surface area contributed by atoms with E-state index in [4.69, 9.17) is 11.1 Å². The Morgan fingerprint density at radius 3 is 2.51 bits per heavy atom. The van der Waals surface area contributed by atoms with Crippen molar-refractivity contribution in [1.29, 1.82) is 5.41 Å². The number of nitrogens with two attached hydrogens (primary N) is 1. The number of amides is 1. The predicted octanol–water partition coefficient (Wildman–Crippen LogP) is 4.51. The molecule has 0 saturated carbocycles. The van der Waals surface area contributed by atoms with Crippen molar-refractivity contribution in [3.05, 3.63) is 65.2 Å². The second-order valence-corrected chi connectivity index (χ2v) is 8.27. The molecule has 3 heterocycles. The number of aromatic amines is 1. The average molecular weight is 479 g/mol. The van der Waals surface area contributed by atoms with Crippen molar-refractivity contribution >= 4 is 33.9 Å². The number of benzene rings is 1. The Labute approximate surface area is 197 Å². The molecule has 1 aliphatic carbocycles. The normalized spacial score (nSPS) is 13.5. The third-order valence-electron chi connectivity index (χ3n) is 6.10. The minimum Gasteiger partial charge on any atom is -0.398 e. The highest BCUT2D eigenvalue weighted by Crippen LogP contribution is 2.41. The molecule has 0 atom stereocenters. The molecular formula is C24H20F3N7O. The maximum Gasteiger partial charge on any atom is 0.433 e. The van der Waals surface area contributed by atoms with Crippen molar-refractivity contribution in [3.8, 4) is 11.3 Å². The summed E-state index contributed by atoms with van der Waals surface area (Å²) in [5.74, 6) is -0.668. The summed E-state index contributed by atoms with van der Waals surface area (Å²) >= 11 is 0. The second-order valence-electron chi connectivity index (χ2n) is 8.27. The number of nitrogens with zero attached hydrogens (tertiary/aromatic N) is 3. The molecule has 35 heavy (non-hydrogen) atoms. The van der Waals surface area contributed by atoms with E-state index in [0.29, 0.717) is 35.0 Å². The molecule has 5 rings (SSSR count). The first-order valence-corrected chi connectivity index (χ1v) is 10.9. The van der Waals surface area contributed by atoms with E-state index in [1.165, 1.54) is 18.5 Å². The first-order valence-electron chi connectivity index (χ1n) is 10.9. The summed E-state index contributed by atoms with van der Waals surface area (Å²) in [6.45, 7) is 0. The van der Waals surface area contributed by atoms with Gasteiger partial charge in [-0.2, -0.15) is 18.3 Å². The highest BCUT2D eigenvalue weighted by atomic mass is 19.4. The van der Waals surface area contributed by atoms with Gasteiger partial charge in [0.1, 0.15) is 11.4 Å². The summed E-state index contributed by atoms with van der Waals surface area (Å²) in [5.41, 5.74) is 7.69. The zero-order valence-corrected chi connectivity index (χ0v) is 18.3. The molecule has 5 N–H and O–H groups in total. The first-order chi connectivity index (χ1) is 16.8. The Bertz CT molecular complexity index is 1460. The van der Waals surface area contributed by atoms with Crippen molar-refractivity contribution in [3.63, 3.8) is 0 Å². The monoisotopic (exact) mass is 479 g/mol. The number of fused-ring (bicyclic) bond motifs is 3. The molecular weight excluding hydrogens is 459 g/mol. The zero-order valence-electron chi connectivity index (χ0n) is 18.3. The van der Waals surface area contributed by atoms with Gasteiger partial charge in [0.15, 0.2) is 0 Å². The number of aromatic nitrogens is 4. The number of anilines is 2. The van der Waals surface area contributed by atoms with Crippen molar-refractivity contribution in [2.24, 2.45) is 0 Å². The number of aryl methyl sites for hydroxylation is 1. The van der Waals surface area contributed by atoms with Gasteiger partial charge in [-0.25, -0.2) is 4.98 Å². The third kappa shape index (κ3) is 3.98. The molecule has 0 bridgehead atoms. The molecule has 1 amide bonds. The number of carbonyl (C=O) groups is 1. The van der Waals surface area contributed by atoms with Crippen LogP contribution in [0.25, 0.3) is 22.2 Å². The van der Waals surface area contributed by atoms with Crippen LogP contribution in [-0.2, 0) is 23.8 Å². The number of nitrogen functional groups attached to an aromatic ring is 1. The Kier molecular flexibility index (Phi) is 5.46. The molecule has 0 aliphatic heterocycles. The van der Waals surface area contributed by atoms with Gasteiger partial charge in [-0.1, -0.05) is 0 Å². The van der Waals surface area contributed by atoms with E-state index in [1.807, 2.05) is 5.10 Å².